The summed E-state index contributed by atoms with van der Waals surface area (Å²) in [5.41, 5.74) is 0. The van der Waals surface area contributed by atoms with E-state index >= 15 is 0 Å². The maximum absolute atomic E-state index is 5.66. The number of likely N-dealkylation sites (tertiary alicyclic amines) is 1. The molecule has 4 heteroatoms. The van der Waals surface area contributed by atoms with Crippen molar-refractivity contribution in [3.8, 4) is 5.75 Å². The summed E-state index contributed by atoms with van der Waals surface area (Å²) in [6.45, 7) is 6.85. The smallest absolute Gasteiger partial charge is 0.389 e. The van der Waals surface area contributed by atoms with Gasteiger partial charge in [-0.05, 0) is 58.0 Å². The number of benzene rings is 1. The highest BCUT2D eigenvalue weighted by Crippen LogP contribution is 2.10. The molecule has 0 N–H and O–H groups in total. The molecule has 0 spiro atoms. The van der Waals surface area contributed by atoms with Crippen LogP contribution < -0.4 is 4.74 Å². The largest absolute Gasteiger partial charge is 0.451 e. The van der Waals surface area contributed by atoms with Gasteiger partial charge in [0.15, 0.2) is 0 Å². The topological polar surface area (TPSA) is 34.1 Å². The van der Waals surface area contributed by atoms with Crippen LogP contribution in [0.25, 0.3) is 0 Å². The SMILES string of the molecule is CCOC(=NCCCN1CCCCC1)Oc1ccccc1. The third kappa shape index (κ3) is 6.17. The van der Waals surface area contributed by atoms with E-state index in [-0.39, 0.29) is 0 Å². The zero-order valence-electron chi connectivity index (χ0n) is 13.0. The lowest BCUT2D eigenvalue weighted by atomic mass is 10.1. The van der Waals surface area contributed by atoms with Gasteiger partial charge in [-0.25, -0.2) is 4.99 Å². The van der Waals surface area contributed by atoms with E-state index in [1.165, 1.54) is 32.4 Å². The van der Waals surface area contributed by atoms with Crippen LogP contribution in [0, 0.1) is 0 Å². The second-order valence-electron chi connectivity index (χ2n) is 5.25. The lowest BCUT2D eigenvalue weighted by molar-refractivity contribution is 0.225. The predicted molar refractivity (Wildman–Crippen MR) is 85.9 cm³/mol. The van der Waals surface area contributed by atoms with Crippen molar-refractivity contribution in [3.05, 3.63) is 30.3 Å². The van der Waals surface area contributed by atoms with Crippen molar-refractivity contribution in [1.29, 1.82) is 0 Å². The number of para-hydroxylation sites is 1. The number of rotatable bonds is 6. The van der Waals surface area contributed by atoms with Gasteiger partial charge in [0.1, 0.15) is 5.75 Å². The first kappa shape index (κ1) is 15.8. The van der Waals surface area contributed by atoms with Crippen molar-refractivity contribution in [2.45, 2.75) is 32.6 Å². The Morgan fingerprint density at radius 3 is 2.62 bits per heavy atom. The second-order valence-corrected chi connectivity index (χ2v) is 5.25. The number of hydrogen-bond donors (Lipinski definition) is 0. The van der Waals surface area contributed by atoms with Crippen molar-refractivity contribution >= 4 is 6.08 Å². The van der Waals surface area contributed by atoms with Crippen molar-refractivity contribution in [2.24, 2.45) is 4.99 Å². The lowest BCUT2D eigenvalue weighted by Gasteiger charge is -2.25. The lowest BCUT2D eigenvalue weighted by Crippen LogP contribution is -2.31. The van der Waals surface area contributed by atoms with E-state index in [2.05, 4.69) is 9.89 Å². The predicted octanol–water partition coefficient (Wildman–Crippen LogP) is 3.33. The fourth-order valence-electron chi connectivity index (χ4n) is 2.47. The van der Waals surface area contributed by atoms with Gasteiger partial charge >= 0.3 is 6.08 Å². The number of piperidine rings is 1. The molecule has 116 valence electrons. The molecule has 1 heterocycles. The van der Waals surface area contributed by atoms with E-state index in [9.17, 15) is 0 Å². The van der Waals surface area contributed by atoms with Crippen LogP contribution in [0.15, 0.2) is 35.3 Å². The zero-order valence-corrected chi connectivity index (χ0v) is 13.0. The first-order valence-electron chi connectivity index (χ1n) is 8.01. The van der Waals surface area contributed by atoms with Gasteiger partial charge < -0.3 is 14.4 Å². The molecule has 1 aromatic carbocycles. The van der Waals surface area contributed by atoms with Crippen LogP contribution in [-0.4, -0.2) is 43.8 Å². The van der Waals surface area contributed by atoms with Crippen LogP contribution in [0.4, 0.5) is 0 Å². The van der Waals surface area contributed by atoms with E-state index in [1.54, 1.807) is 0 Å². The van der Waals surface area contributed by atoms with Gasteiger partial charge in [0, 0.05) is 6.54 Å². The highest BCUT2D eigenvalue weighted by molar-refractivity contribution is 5.69. The molecule has 0 bridgehead atoms. The molecule has 1 saturated heterocycles. The van der Waals surface area contributed by atoms with Gasteiger partial charge in [-0.2, -0.15) is 0 Å². The summed E-state index contributed by atoms with van der Waals surface area (Å²) in [7, 11) is 0. The fourth-order valence-corrected chi connectivity index (χ4v) is 2.47. The molecule has 2 rings (SSSR count). The Hall–Kier alpha value is -1.55. The first-order chi connectivity index (χ1) is 10.4. The van der Waals surface area contributed by atoms with Gasteiger partial charge in [-0.1, -0.05) is 24.6 Å². The second kappa shape index (κ2) is 9.40. The fraction of sp³-hybridized carbons (Fsp3) is 0.588. The molecule has 0 unspecified atom stereocenters. The van der Waals surface area contributed by atoms with E-state index in [4.69, 9.17) is 9.47 Å². The van der Waals surface area contributed by atoms with Gasteiger partial charge in [0.25, 0.3) is 0 Å². The van der Waals surface area contributed by atoms with E-state index in [0.29, 0.717) is 12.7 Å². The summed E-state index contributed by atoms with van der Waals surface area (Å²) in [6, 6.07) is 9.65. The van der Waals surface area contributed by atoms with Crippen LogP contribution in [0.1, 0.15) is 32.6 Å². The van der Waals surface area contributed by atoms with Crippen molar-refractivity contribution in [1.82, 2.24) is 4.90 Å². The Labute approximate surface area is 127 Å². The minimum Gasteiger partial charge on any atom is -0.451 e. The summed E-state index contributed by atoms with van der Waals surface area (Å²) >= 11 is 0. The summed E-state index contributed by atoms with van der Waals surface area (Å²) in [5, 5.41) is 0. The molecule has 0 atom stereocenters. The van der Waals surface area contributed by atoms with Crippen molar-refractivity contribution < 1.29 is 9.47 Å². The van der Waals surface area contributed by atoms with Crippen LogP contribution >= 0.6 is 0 Å². The minimum absolute atomic E-state index is 0.377. The Balaban J connectivity index is 1.74. The molecular weight excluding hydrogens is 264 g/mol. The molecule has 0 aliphatic carbocycles. The monoisotopic (exact) mass is 290 g/mol. The number of aliphatic imine (C=N–C) groups is 1. The Kier molecular flexibility index (Phi) is 7.08. The Morgan fingerprint density at radius 1 is 1.14 bits per heavy atom. The maximum Gasteiger partial charge on any atom is 0.389 e. The molecule has 1 aliphatic heterocycles. The summed E-state index contributed by atoms with van der Waals surface area (Å²) in [5.74, 6) is 0.765. The molecular formula is C17H26N2O2. The van der Waals surface area contributed by atoms with E-state index in [1.807, 2.05) is 37.3 Å². The van der Waals surface area contributed by atoms with E-state index < -0.39 is 0 Å². The highest BCUT2D eigenvalue weighted by Gasteiger charge is 2.09. The molecule has 0 amide bonds. The van der Waals surface area contributed by atoms with Crippen LogP contribution in [0.2, 0.25) is 0 Å². The Morgan fingerprint density at radius 2 is 1.90 bits per heavy atom. The van der Waals surface area contributed by atoms with Gasteiger partial charge in [-0.3, -0.25) is 0 Å². The average Bonchev–Trinajstić information content (AvgIpc) is 2.54. The molecule has 21 heavy (non-hydrogen) atoms. The normalized spacial score (nSPS) is 16.7. The summed E-state index contributed by atoms with van der Waals surface area (Å²) in [6.07, 6.45) is 5.49. The molecule has 1 fully saturated rings. The molecule has 0 saturated carbocycles. The number of nitrogens with zero attached hydrogens (tertiary/aromatic N) is 2. The van der Waals surface area contributed by atoms with Crippen molar-refractivity contribution in [2.75, 3.05) is 32.8 Å². The zero-order chi connectivity index (χ0) is 14.8. The summed E-state index contributed by atoms with van der Waals surface area (Å²) in [4.78, 5) is 6.96. The number of hydrogen-bond acceptors (Lipinski definition) is 4. The average molecular weight is 290 g/mol. The van der Waals surface area contributed by atoms with Gasteiger partial charge in [-0.15, -0.1) is 0 Å². The standard InChI is InChI=1S/C17H26N2O2/c1-2-20-17(21-16-10-5-3-6-11-16)18-12-9-15-19-13-7-4-8-14-19/h3,5-6,10-11H,2,4,7-9,12-15H2,1H3. The van der Waals surface area contributed by atoms with Crippen LogP contribution in [-0.2, 0) is 4.74 Å². The van der Waals surface area contributed by atoms with Crippen LogP contribution in [0.3, 0.4) is 0 Å². The van der Waals surface area contributed by atoms with Gasteiger partial charge in [0.05, 0.1) is 6.61 Å². The molecule has 4 nitrogen and oxygen atoms in total. The summed E-state index contributed by atoms with van der Waals surface area (Å²) < 4.78 is 11.1. The maximum atomic E-state index is 5.66. The van der Waals surface area contributed by atoms with E-state index in [0.717, 1.165) is 25.3 Å². The third-order valence-corrected chi connectivity index (χ3v) is 3.54. The minimum atomic E-state index is 0.377. The molecule has 1 aliphatic rings. The molecule has 1 aromatic rings. The Bertz CT molecular complexity index is 414. The highest BCUT2D eigenvalue weighted by atomic mass is 16.7. The van der Waals surface area contributed by atoms with Gasteiger partial charge in [0.2, 0.25) is 0 Å². The quantitative estimate of drug-likeness (QED) is 0.458. The molecule has 0 aromatic heterocycles. The first-order valence-corrected chi connectivity index (χ1v) is 8.01. The van der Waals surface area contributed by atoms with Crippen molar-refractivity contribution in [3.63, 3.8) is 0 Å². The van der Waals surface area contributed by atoms with Crippen LogP contribution in [0.5, 0.6) is 5.75 Å². The third-order valence-electron chi connectivity index (χ3n) is 3.54. The number of ether oxygens (including phenoxy) is 2. The molecule has 0 radical (unpaired) electrons.